The van der Waals surface area contributed by atoms with Crippen LogP contribution in [-0.4, -0.2) is 65.0 Å². The van der Waals surface area contributed by atoms with Crippen molar-refractivity contribution in [2.45, 2.75) is 52.5 Å². The van der Waals surface area contributed by atoms with Crippen molar-refractivity contribution in [2.24, 2.45) is 9.98 Å². The van der Waals surface area contributed by atoms with Gasteiger partial charge in [-0.3, -0.25) is 5.10 Å². The van der Waals surface area contributed by atoms with Crippen LogP contribution in [0.2, 0.25) is 5.02 Å². The number of aryl methyl sites for hydroxylation is 1. The third-order valence-corrected chi connectivity index (χ3v) is 6.67. The average molecular weight is 525 g/mol. The average Bonchev–Trinajstić information content (AvgIpc) is 3.53. The van der Waals surface area contributed by atoms with Crippen molar-refractivity contribution in [1.29, 1.82) is 0 Å². The normalized spacial score (nSPS) is 18.4. The highest BCUT2D eigenvalue weighted by molar-refractivity contribution is 6.37. The maximum absolute atomic E-state index is 6.60. The Labute approximate surface area is 223 Å². The van der Waals surface area contributed by atoms with E-state index < -0.39 is 0 Å². The molecule has 1 aromatic carbocycles. The molecule has 4 N–H and O–H groups in total. The van der Waals surface area contributed by atoms with Crippen LogP contribution in [0, 0.1) is 6.92 Å². The first-order chi connectivity index (χ1) is 18.0. The smallest absolute Gasteiger partial charge is 0.181 e. The fourth-order valence-electron chi connectivity index (χ4n) is 4.32. The number of rotatable bonds is 8. The minimum absolute atomic E-state index is 0.122. The van der Waals surface area contributed by atoms with Crippen LogP contribution in [-0.2, 0) is 0 Å². The summed E-state index contributed by atoms with van der Waals surface area (Å²) >= 11 is 6.60. The van der Waals surface area contributed by atoms with Crippen molar-refractivity contribution < 1.29 is 4.74 Å². The van der Waals surface area contributed by atoms with Gasteiger partial charge in [-0.15, -0.1) is 0 Å². The predicted molar refractivity (Wildman–Crippen MR) is 153 cm³/mol. The summed E-state index contributed by atoms with van der Waals surface area (Å²) in [5.41, 5.74) is 3.19. The summed E-state index contributed by atoms with van der Waals surface area (Å²) in [5.74, 6) is 3.26. The van der Waals surface area contributed by atoms with Crippen LogP contribution in [0.4, 0.5) is 5.82 Å². The molecule has 1 unspecified atom stereocenters. The van der Waals surface area contributed by atoms with E-state index in [4.69, 9.17) is 21.3 Å². The molecular formula is C27H37ClN8O. The standard InChI is InChI=1S/C25H31ClN8O.C2H6/c1-15-10-18-19(30-15)6-7-21(25(18)26)35-14-29-24(34-9-8-28-16(2)13-34)12-22(27-3)31-23-11-20(32-33-23)17-4-5-17;1-2/h6-7,10-12,16-17,28,30H,3-5,8-9,13-14H2,1-2H3,(H2,31,32,33);1-2H3/b22-12+,29-24+;. The lowest BCUT2D eigenvalue weighted by molar-refractivity contribution is 0.294. The van der Waals surface area contributed by atoms with Crippen LogP contribution < -0.4 is 15.4 Å². The molecule has 0 amide bonds. The van der Waals surface area contributed by atoms with Crippen LogP contribution in [0.5, 0.6) is 5.75 Å². The largest absolute Gasteiger partial charge is 0.470 e. The van der Waals surface area contributed by atoms with E-state index in [1.165, 1.54) is 12.8 Å². The van der Waals surface area contributed by atoms with Crippen LogP contribution in [0.25, 0.3) is 10.9 Å². The first kappa shape index (κ1) is 26.8. The number of ether oxygens (including phenoxy) is 1. The van der Waals surface area contributed by atoms with Gasteiger partial charge < -0.3 is 25.3 Å². The Balaban J connectivity index is 0.00000156. The molecule has 1 aliphatic heterocycles. The van der Waals surface area contributed by atoms with E-state index in [2.05, 4.69) is 49.3 Å². The minimum Gasteiger partial charge on any atom is -0.470 e. The Hall–Kier alpha value is -3.30. The third kappa shape index (κ3) is 6.72. The summed E-state index contributed by atoms with van der Waals surface area (Å²) in [7, 11) is 0. The fourth-order valence-corrected chi connectivity index (χ4v) is 4.60. The number of nitrogens with zero attached hydrogens (tertiary/aromatic N) is 4. The number of hydrogen-bond donors (Lipinski definition) is 4. The number of anilines is 1. The van der Waals surface area contributed by atoms with Crippen LogP contribution in [0.15, 0.2) is 46.1 Å². The number of H-pyrrole nitrogens is 2. The topological polar surface area (TPSA) is 106 Å². The molecule has 5 rings (SSSR count). The third-order valence-electron chi connectivity index (χ3n) is 6.28. The van der Waals surface area contributed by atoms with Gasteiger partial charge in [0.1, 0.15) is 17.4 Å². The zero-order valence-corrected chi connectivity index (χ0v) is 22.8. The lowest BCUT2D eigenvalue weighted by atomic mass is 10.2. The van der Waals surface area contributed by atoms with Gasteiger partial charge in [0.2, 0.25) is 0 Å². The van der Waals surface area contributed by atoms with Gasteiger partial charge in [-0.25, -0.2) is 9.98 Å². The van der Waals surface area contributed by atoms with Gasteiger partial charge in [0.25, 0.3) is 0 Å². The van der Waals surface area contributed by atoms with Crippen molar-refractivity contribution in [2.75, 3.05) is 31.7 Å². The van der Waals surface area contributed by atoms with Crippen molar-refractivity contribution in [3.63, 3.8) is 0 Å². The van der Waals surface area contributed by atoms with Gasteiger partial charge in [0.05, 0.1) is 5.02 Å². The number of amidine groups is 1. The number of hydrogen-bond acceptors (Lipinski definition) is 6. The Morgan fingerprint density at radius 3 is 2.86 bits per heavy atom. The van der Waals surface area contributed by atoms with Gasteiger partial charge in [-0.2, -0.15) is 5.10 Å². The molecule has 198 valence electrons. The summed E-state index contributed by atoms with van der Waals surface area (Å²) in [6, 6.07) is 8.23. The van der Waals surface area contributed by atoms with Crippen LogP contribution >= 0.6 is 11.6 Å². The molecule has 1 saturated heterocycles. The number of benzene rings is 1. The van der Waals surface area contributed by atoms with Crippen molar-refractivity contribution >= 4 is 40.9 Å². The molecule has 10 heteroatoms. The second-order valence-corrected chi connectivity index (χ2v) is 9.56. The monoisotopic (exact) mass is 524 g/mol. The molecule has 9 nitrogen and oxygen atoms in total. The molecule has 0 bridgehead atoms. The van der Waals surface area contributed by atoms with Crippen molar-refractivity contribution in [1.82, 2.24) is 25.4 Å². The number of aliphatic imine (C=N–C) groups is 2. The van der Waals surface area contributed by atoms with Gasteiger partial charge in [-0.1, -0.05) is 25.4 Å². The van der Waals surface area contributed by atoms with E-state index in [0.717, 1.165) is 53.6 Å². The molecule has 3 aromatic rings. The number of aromatic amines is 2. The second-order valence-electron chi connectivity index (χ2n) is 9.18. The maximum Gasteiger partial charge on any atom is 0.181 e. The molecule has 2 aliphatic rings. The van der Waals surface area contributed by atoms with E-state index >= 15 is 0 Å². The summed E-state index contributed by atoms with van der Waals surface area (Å²) in [6.45, 7) is 14.5. The molecule has 1 atom stereocenters. The Morgan fingerprint density at radius 2 is 2.14 bits per heavy atom. The molecular weight excluding hydrogens is 488 g/mol. The fraction of sp³-hybridized carbons (Fsp3) is 0.444. The number of piperazine rings is 1. The first-order valence-corrected chi connectivity index (χ1v) is 13.3. The van der Waals surface area contributed by atoms with E-state index in [1.807, 2.05) is 51.1 Å². The SMILES string of the molecule is C=N/C(=C\C(=N/COc1ccc2[nH]c(C)cc2c1Cl)N1CCNC(C)C1)Nc1cc(C2CC2)[nH]n1.CC. The van der Waals surface area contributed by atoms with E-state index in [1.54, 1.807) is 0 Å². The Bertz CT molecular complexity index is 1270. The highest BCUT2D eigenvalue weighted by atomic mass is 35.5. The van der Waals surface area contributed by atoms with Gasteiger partial charge in [-0.05, 0) is 51.6 Å². The molecule has 2 fully saturated rings. The van der Waals surface area contributed by atoms with Gasteiger partial charge in [0.15, 0.2) is 12.5 Å². The van der Waals surface area contributed by atoms with Crippen molar-refractivity contribution in [3.05, 3.63) is 52.6 Å². The lowest BCUT2D eigenvalue weighted by Crippen LogP contribution is -2.51. The van der Waals surface area contributed by atoms with Crippen molar-refractivity contribution in [3.8, 4) is 5.75 Å². The molecule has 1 saturated carbocycles. The molecule has 37 heavy (non-hydrogen) atoms. The number of fused-ring (bicyclic) bond motifs is 1. The number of aromatic nitrogens is 3. The zero-order chi connectivity index (χ0) is 26.4. The first-order valence-electron chi connectivity index (χ1n) is 12.9. The van der Waals surface area contributed by atoms with Gasteiger partial charge >= 0.3 is 0 Å². The minimum atomic E-state index is 0.122. The summed E-state index contributed by atoms with van der Waals surface area (Å²) < 4.78 is 5.98. The van der Waals surface area contributed by atoms with E-state index in [9.17, 15) is 0 Å². The quantitative estimate of drug-likeness (QED) is 0.232. The van der Waals surface area contributed by atoms with Crippen LogP contribution in [0.1, 0.15) is 50.9 Å². The highest BCUT2D eigenvalue weighted by Crippen LogP contribution is 2.39. The molecule has 0 spiro atoms. The molecule has 3 heterocycles. The molecule has 2 aromatic heterocycles. The lowest BCUT2D eigenvalue weighted by Gasteiger charge is -2.33. The van der Waals surface area contributed by atoms with Crippen LogP contribution in [0.3, 0.4) is 0 Å². The molecule has 0 radical (unpaired) electrons. The van der Waals surface area contributed by atoms with Gasteiger partial charge in [0, 0.05) is 66.0 Å². The Kier molecular flexibility index (Phi) is 8.89. The zero-order valence-electron chi connectivity index (χ0n) is 22.1. The molecule has 1 aliphatic carbocycles. The predicted octanol–water partition coefficient (Wildman–Crippen LogP) is 5.44. The number of halogens is 1. The maximum atomic E-state index is 6.60. The number of nitrogens with one attached hydrogen (secondary N) is 4. The summed E-state index contributed by atoms with van der Waals surface area (Å²) in [5, 5.41) is 15.7. The summed E-state index contributed by atoms with van der Waals surface area (Å²) in [6.07, 6.45) is 4.31. The summed E-state index contributed by atoms with van der Waals surface area (Å²) in [4.78, 5) is 14.5. The Morgan fingerprint density at radius 1 is 1.32 bits per heavy atom. The van der Waals surface area contributed by atoms with E-state index in [-0.39, 0.29) is 6.73 Å². The van der Waals surface area contributed by atoms with E-state index in [0.29, 0.717) is 28.6 Å². The highest BCUT2D eigenvalue weighted by Gasteiger charge is 2.25. The second kappa shape index (κ2) is 12.3.